The lowest BCUT2D eigenvalue weighted by molar-refractivity contribution is 1.10. The SMILES string of the molecule is C/C=C\c1c(/C(=C(/C)CC)c2ccc3sc4ccccc4c3c2)ccc2ccccc12. The molecule has 0 spiro atoms. The van der Waals surface area contributed by atoms with Crippen molar-refractivity contribution in [3.05, 3.63) is 107 Å². The van der Waals surface area contributed by atoms with Crippen molar-refractivity contribution in [3.8, 4) is 0 Å². The summed E-state index contributed by atoms with van der Waals surface area (Å²) >= 11 is 1.88. The first-order valence-corrected chi connectivity index (χ1v) is 11.8. The molecule has 1 heteroatoms. The molecule has 0 nitrogen and oxygen atoms in total. The van der Waals surface area contributed by atoms with Crippen LogP contribution >= 0.6 is 11.3 Å². The maximum atomic E-state index is 2.40. The average molecular weight is 419 g/mol. The molecule has 0 bridgehead atoms. The maximum absolute atomic E-state index is 2.40. The quantitative estimate of drug-likeness (QED) is 0.272. The molecule has 0 N–H and O–H groups in total. The Labute approximate surface area is 188 Å². The van der Waals surface area contributed by atoms with Gasteiger partial charge in [-0.15, -0.1) is 11.3 Å². The lowest BCUT2D eigenvalue weighted by Crippen LogP contribution is -1.96. The van der Waals surface area contributed by atoms with Gasteiger partial charge in [0.25, 0.3) is 0 Å². The van der Waals surface area contributed by atoms with Crippen molar-refractivity contribution in [2.45, 2.75) is 27.2 Å². The van der Waals surface area contributed by atoms with E-state index in [9.17, 15) is 0 Å². The molecule has 1 aromatic heterocycles. The number of thiophene rings is 1. The zero-order valence-electron chi connectivity index (χ0n) is 18.3. The van der Waals surface area contributed by atoms with E-state index in [1.165, 1.54) is 58.8 Å². The van der Waals surface area contributed by atoms with Crippen molar-refractivity contribution in [2.75, 3.05) is 0 Å². The number of rotatable bonds is 4. The fourth-order valence-corrected chi connectivity index (χ4v) is 5.64. The van der Waals surface area contributed by atoms with Crippen LogP contribution in [-0.2, 0) is 0 Å². The number of benzene rings is 4. The molecule has 0 atom stereocenters. The maximum Gasteiger partial charge on any atom is 0.0355 e. The Morgan fingerprint density at radius 2 is 1.55 bits per heavy atom. The molecule has 152 valence electrons. The normalized spacial score (nSPS) is 12.9. The van der Waals surface area contributed by atoms with E-state index in [0.717, 1.165) is 6.42 Å². The molecular weight excluding hydrogens is 392 g/mol. The van der Waals surface area contributed by atoms with E-state index in [1.54, 1.807) is 0 Å². The molecule has 5 rings (SSSR count). The summed E-state index contributed by atoms with van der Waals surface area (Å²) in [6, 6.07) is 29.0. The van der Waals surface area contributed by atoms with Gasteiger partial charge in [-0.2, -0.15) is 0 Å². The molecular formula is C30H26S. The Balaban J connectivity index is 1.81. The number of hydrogen-bond acceptors (Lipinski definition) is 1. The van der Waals surface area contributed by atoms with Gasteiger partial charge in [-0.05, 0) is 71.5 Å². The highest BCUT2D eigenvalue weighted by Gasteiger charge is 2.15. The molecule has 0 unspecified atom stereocenters. The molecule has 1 heterocycles. The van der Waals surface area contributed by atoms with Gasteiger partial charge in [0.2, 0.25) is 0 Å². The van der Waals surface area contributed by atoms with Crippen LogP contribution in [0.1, 0.15) is 43.9 Å². The van der Waals surface area contributed by atoms with E-state index in [1.807, 2.05) is 11.3 Å². The minimum absolute atomic E-state index is 1.03. The van der Waals surface area contributed by atoms with E-state index < -0.39 is 0 Å². The number of hydrogen-bond donors (Lipinski definition) is 0. The number of allylic oxidation sites excluding steroid dienone is 2. The molecule has 0 saturated carbocycles. The Kier molecular flexibility index (Phi) is 5.21. The van der Waals surface area contributed by atoms with E-state index in [-0.39, 0.29) is 0 Å². The molecule has 4 aromatic carbocycles. The van der Waals surface area contributed by atoms with Crippen LogP contribution in [0.15, 0.2) is 90.5 Å². The van der Waals surface area contributed by atoms with Gasteiger partial charge in [0.1, 0.15) is 0 Å². The third kappa shape index (κ3) is 3.40. The molecule has 5 aromatic rings. The summed E-state index contributed by atoms with van der Waals surface area (Å²) in [5.41, 5.74) is 6.70. The second-order valence-electron chi connectivity index (χ2n) is 8.07. The van der Waals surface area contributed by atoms with Gasteiger partial charge >= 0.3 is 0 Å². The smallest absolute Gasteiger partial charge is 0.0355 e. The van der Waals surface area contributed by atoms with Crippen LogP contribution in [0, 0.1) is 0 Å². The minimum atomic E-state index is 1.03. The molecule has 0 amide bonds. The molecule has 0 aliphatic carbocycles. The molecule has 0 saturated heterocycles. The summed E-state index contributed by atoms with van der Waals surface area (Å²) < 4.78 is 2.71. The summed E-state index contributed by atoms with van der Waals surface area (Å²) in [5.74, 6) is 0. The summed E-state index contributed by atoms with van der Waals surface area (Å²) in [6.07, 6.45) is 5.44. The first-order chi connectivity index (χ1) is 15.2. The molecule has 0 aliphatic heterocycles. The van der Waals surface area contributed by atoms with Crippen molar-refractivity contribution in [3.63, 3.8) is 0 Å². The second kappa shape index (κ2) is 8.17. The topological polar surface area (TPSA) is 0 Å². The Morgan fingerprint density at radius 1 is 0.806 bits per heavy atom. The highest BCUT2D eigenvalue weighted by Crippen LogP contribution is 2.39. The summed E-state index contributed by atoms with van der Waals surface area (Å²) in [5, 5.41) is 5.30. The van der Waals surface area contributed by atoms with E-state index >= 15 is 0 Å². The molecule has 0 aliphatic rings. The van der Waals surface area contributed by atoms with Crippen LogP contribution in [0.4, 0.5) is 0 Å². The van der Waals surface area contributed by atoms with Gasteiger partial charge in [-0.3, -0.25) is 0 Å². The first-order valence-electron chi connectivity index (χ1n) is 11.0. The predicted octanol–water partition coefficient (Wildman–Crippen LogP) is 9.47. The van der Waals surface area contributed by atoms with E-state index in [4.69, 9.17) is 0 Å². The van der Waals surface area contributed by atoms with Crippen LogP contribution in [-0.4, -0.2) is 0 Å². The van der Waals surface area contributed by atoms with Gasteiger partial charge in [0.05, 0.1) is 0 Å². The van der Waals surface area contributed by atoms with Crippen LogP contribution < -0.4 is 0 Å². The van der Waals surface area contributed by atoms with Gasteiger partial charge in [0, 0.05) is 20.2 Å². The molecule has 0 fully saturated rings. The third-order valence-electron chi connectivity index (χ3n) is 6.20. The van der Waals surface area contributed by atoms with Crippen LogP contribution in [0.2, 0.25) is 0 Å². The van der Waals surface area contributed by atoms with Crippen molar-refractivity contribution in [1.82, 2.24) is 0 Å². The van der Waals surface area contributed by atoms with Crippen molar-refractivity contribution in [2.24, 2.45) is 0 Å². The zero-order valence-corrected chi connectivity index (χ0v) is 19.1. The number of fused-ring (bicyclic) bond motifs is 4. The summed E-state index contributed by atoms with van der Waals surface area (Å²) in [6.45, 7) is 6.63. The van der Waals surface area contributed by atoms with Gasteiger partial charge < -0.3 is 0 Å². The lowest BCUT2D eigenvalue weighted by Gasteiger charge is -2.17. The molecule has 0 radical (unpaired) electrons. The predicted molar refractivity (Wildman–Crippen MR) is 140 cm³/mol. The minimum Gasteiger partial charge on any atom is -0.135 e. The zero-order chi connectivity index (χ0) is 21.4. The summed E-state index contributed by atoms with van der Waals surface area (Å²) in [7, 11) is 0. The van der Waals surface area contributed by atoms with Crippen LogP contribution in [0.5, 0.6) is 0 Å². The van der Waals surface area contributed by atoms with E-state index in [0.29, 0.717) is 0 Å². The fraction of sp³-hybridized carbons (Fsp3) is 0.133. The van der Waals surface area contributed by atoms with Crippen LogP contribution in [0.25, 0.3) is 42.6 Å². The Hall–Kier alpha value is -3.16. The average Bonchev–Trinajstić information content (AvgIpc) is 3.18. The standard InChI is InChI=1S/C30H26S/c1-4-10-24-23-12-7-6-11-21(23)15-17-26(24)30(20(3)5-2)22-16-18-29-27(19-22)25-13-8-9-14-28(25)31-29/h4,6-19H,5H2,1-3H3/b10-4-,30-20-. The fourth-order valence-electron chi connectivity index (χ4n) is 4.55. The van der Waals surface area contributed by atoms with Crippen LogP contribution in [0.3, 0.4) is 0 Å². The van der Waals surface area contributed by atoms with Gasteiger partial charge in [-0.1, -0.05) is 85.3 Å². The van der Waals surface area contributed by atoms with Gasteiger partial charge in [0.15, 0.2) is 0 Å². The molecule has 31 heavy (non-hydrogen) atoms. The first kappa shape index (κ1) is 19.8. The Morgan fingerprint density at radius 3 is 2.35 bits per heavy atom. The largest absolute Gasteiger partial charge is 0.135 e. The van der Waals surface area contributed by atoms with Crippen molar-refractivity contribution in [1.29, 1.82) is 0 Å². The second-order valence-corrected chi connectivity index (χ2v) is 9.15. The van der Waals surface area contributed by atoms with E-state index in [2.05, 4.69) is 112 Å². The van der Waals surface area contributed by atoms with Crippen molar-refractivity contribution < 1.29 is 0 Å². The lowest BCUT2D eigenvalue weighted by atomic mass is 9.86. The highest BCUT2D eigenvalue weighted by atomic mass is 32.1. The third-order valence-corrected chi connectivity index (χ3v) is 7.35. The Bertz CT molecular complexity index is 1480. The van der Waals surface area contributed by atoms with Crippen molar-refractivity contribution >= 4 is 53.9 Å². The highest BCUT2D eigenvalue weighted by molar-refractivity contribution is 7.25. The monoisotopic (exact) mass is 418 g/mol. The van der Waals surface area contributed by atoms with Gasteiger partial charge in [-0.25, -0.2) is 0 Å². The summed E-state index contributed by atoms with van der Waals surface area (Å²) in [4.78, 5) is 0.